The van der Waals surface area contributed by atoms with E-state index in [1.165, 1.54) is 6.33 Å². The van der Waals surface area contributed by atoms with Gasteiger partial charge in [-0.3, -0.25) is 0 Å². The Morgan fingerprint density at radius 1 is 1.11 bits per heavy atom. The van der Waals surface area contributed by atoms with Crippen LogP contribution in [0.15, 0.2) is 30.6 Å². The molecule has 0 aliphatic heterocycles. The highest BCUT2D eigenvalue weighted by atomic mass is 35.5. The predicted molar refractivity (Wildman–Crippen MR) is 72.4 cm³/mol. The van der Waals surface area contributed by atoms with Crippen LogP contribution in [-0.4, -0.2) is 17.1 Å². The van der Waals surface area contributed by atoms with Gasteiger partial charge in [0.1, 0.15) is 17.8 Å². The first-order chi connectivity index (χ1) is 8.70. The molecule has 2 rings (SSSR count). The van der Waals surface area contributed by atoms with Gasteiger partial charge in [-0.15, -0.1) is 0 Å². The number of nitrogens with one attached hydrogen (secondary N) is 1. The molecule has 6 heteroatoms. The van der Waals surface area contributed by atoms with Crippen molar-refractivity contribution >= 4 is 28.9 Å². The zero-order chi connectivity index (χ0) is 13.0. The number of methoxy groups -OCH3 is 1. The van der Waals surface area contributed by atoms with Gasteiger partial charge >= 0.3 is 0 Å². The highest BCUT2D eigenvalue weighted by Crippen LogP contribution is 2.26. The summed E-state index contributed by atoms with van der Waals surface area (Å²) in [5.74, 6) is 0.817. The second kappa shape index (κ2) is 5.89. The van der Waals surface area contributed by atoms with Crippen LogP contribution in [0.2, 0.25) is 10.3 Å². The molecule has 94 valence electrons. The summed E-state index contributed by atoms with van der Waals surface area (Å²) < 4.78 is 5.09. The van der Waals surface area contributed by atoms with Gasteiger partial charge < -0.3 is 10.1 Å². The summed E-state index contributed by atoms with van der Waals surface area (Å²) in [6, 6.07) is 7.69. The maximum absolute atomic E-state index is 5.93. The molecule has 0 atom stereocenters. The highest BCUT2D eigenvalue weighted by Gasteiger charge is 2.07. The minimum Gasteiger partial charge on any atom is -0.497 e. The number of halogens is 2. The van der Waals surface area contributed by atoms with E-state index in [2.05, 4.69) is 15.3 Å². The molecular formula is C12H11Cl2N3O. The lowest BCUT2D eigenvalue weighted by atomic mass is 10.2. The summed E-state index contributed by atoms with van der Waals surface area (Å²) in [7, 11) is 1.63. The number of aromatic nitrogens is 2. The van der Waals surface area contributed by atoms with Crippen molar-refractivity contribution in [3.8, 4) is 5.75 Å². The molecule has 0 aliphatic carbocycles. The van der Waals surface area contributed by atoms with E-state index in [0.717, 1.165) is 11.3 Å². The zero-order valence-corrected chi connectivity index (χ0v) is 11.2. The number of rotatable bonds is 4. The summed E-state index contributed by atoms with van der Waals surface area (Å²) >= 11 is 11.9. The van der Waals surface area contributed by atoms with Crippen LogP contribution < -0.4 is 10.1 Å². The molecule has 0 unspecified atom stereocenters. The van der Waals surface area contributed by atoms with Crippen molar-refractivity contribution in [2.24, 2.45) is 0 Å². The quantitative estimate of drug-likeness (QED) is 0.874. The molecule has 0 radical (unpaired) electrons. The first-order valence-electron chi connectivity index (χ1n) is 5.23. The van der Waals surface area contributed by atoms with E-state index in [-0.39, 0.29) is 0 Å². The smallest absolute Gasteiger partial charge is 0.157 e. The van der Waals surface area contributed by atoms with Gasteiger partial charge in [0.2, 0.25) is 0 Å². The summed E-state index contributed by atoms with van der Waals surface area (Å²) in [6.07, 6.45) is 1.32. The Labute approximate surface area is 115 Å². The normalized spacial score (nSPS) is 10.2. The van der Waals surface area contributed by atoms with E-state index in [4.69, 9.17) is 27.9 Å². The topological polar surface area (TPSA) is 47.0 Å². The van der Waals surface area contributed by atoms with E-state index >= 15 is 0 Å². The summed E-state index contributed by atoms with van der Waals surface area (Å²) in [4.78, 5) is 7.73. The van der Waals surface area contributed by atoms with Crippen molar-refractivity contribution < 1.29 is 4.74 Å². The molecule has 0 fully saturated rings. The van der Waals surface area contributed by atoms with Crippen LogP contribution >= 0.6 is 23.2 Å². The Balaban J connectivity index is 2.06. The van der Waals surface area contributed by atoms with Gasteiger partial charge in [0.15, 0.2) is 10.3 Å². The number of ether oxygens (including phenoxy) is 1. The van der Waals surface area contributed by atoms with Crippen LogP contribution in [0.5, 0.6) is 5.75 Å². The van der Waals surface area contributed by atoms with Crippen molar-refractivity contribution in [1.82, 2.24) is 9.97 Å². The van der Waals surface area contributed by atoms with Gasteiger partial charge in [0, 0.05) is 6.54 Å². The maximum atomic E-state index is 5.93. The second-order valence-electron chi connectivity index (χ2n) is 3.53. The summed E-state index contributed by atoms with van der Waals surface area (Å²) in [6.45, 7) is 0.580. The fourth-order valence-electron chi connectivity index (χ4n) is 1.42. The minimum absolute atomic E-state index is 0.309. The molecule has 2 aromatic rings. The largest absolute Gasteiger partial charge is 0.497 e. The Morgan fingerprint density at radius 3 is 2.28 bits per heavy atom. The van der Waals surface area contributed by atoms with Crippen molar-refractivity contribution in [2.75, 3.05) is 12.4 Å². The average molecular weight is 284 g/mol. The third kappa shape index (κ3) is 3.03. The van der Waals surface area contributed by atoms with Gasteiger partial charge in [-0.05, 0) is 17.7 Å². The standard InChI is InChI=1S/C12H11Cl2N3O/c1-18-9-4-2-8(3-5-9)6-15-10-11(13)16-7-17-12(10)14/h2-5,7,15H,6H2,1H3. The number of benzene rings is 1. The molecular weight excluding hydrogens is 273 g/mol. The van der Waals surface area contributed by atoms with Crippen molar-refractivity contribution in [3.05, 3.63) is 46.5 Å². The molecule has 1 aromatic carbocycles. The minimum atomic E-state index is 0.309. The highest BCUT2D eigenvalue weighted by molar-refractivity contribution is 6.37. The molecule has 18 heavy (non-hydrogen) atoms. The fraction of sp³-hybridized carbons (Fsp3) is 0.167. The van der Waals surface area contributed by atoms with Gasteiger partial charge in [-0.2, -0.15) is 0 Å². The Kier molecular flexibility index (Phi) is 4.23. The van der Waals surface area contributed by atoms with Crippen LogP contribution in [0.25, 0.3) is 0 Å². The van der Waals surface area contributed by atoms with Crippen LogP contribution in [0, 0.1) is 0 Å². The SMILES string of the molecule is COc1ccc(CNc2c(Cl)ncnc2Cl)cc1. The van der Waals surface area contributed by atoms with Crippen molar-refractivity contribution in [3.63, 3.8) is 0 Å². The molecule has 1 N–H and O–H groups in total. The van der Waals surface area contributed by atoms with Crippen molar-refractivity contribution in [1.29, 1.82) is 0 Å². The van der Waals surface area contributed by atoms with Gasteiger partial charge in [-0.25, -0.2) is 9.97 Å². The third-order valence-corrected chi connectivity index (χ3v) is 2.96. The van der Waals surface area contributed by atoms with Crippen LogP contribution in [-0.2, 0) is 6.54 Å². The third-order valence-electron chi connectivity index (χ3n) is 2.38. The number of hydrogen-bond donors (Lipinski definition) is 1. The molecule has 1 heterocycles. The van der Waals surface area contributed by atoms with Crippen LogP contribution in [0.1, 0.15) is 5.56 Å². The maximum Gasteiger partial charge on any atom is 0.157 e. The number of hydrogen-bond acceptors (Lipinski definition) is 4. The predicted octanol–water partition coefficient (Wildman–Crippen LogP) is 3.40. The summed E-state index contributed by atoms with van der Waals surface area (Å²) in [5, 5.41) is 3.72. The Morgan fingerprint density at radius 2 is 1.72 bits per heavy atom. The summed E-state index contributed by atoms with van der Waals surface area (Å²) in [5.41, 5.74) is 1.61. The number of nitrogens with zero attached hydrogens (tertiary/aromatic N) is 2. The van der Waals surface area contributed by atoms with Gasteiger partial charge in [0.25, 0.3) is 0 Å². The lowest BCUT2D eigenvalue weighted by molar-refractivity contribution is 0.414. The Hall–Kier alpha value is -1.52. The zero-order valence-electron chi connectivity index (χ0n) is 9.65. The van der Waals surface area contributed by atoms with Crippen LogP contribution in [0.3, 0.4) is 0 Å². The Bertz CT molecular complexity index is 511. The lowest BCUT2D eigenvalue weighted by Gasteiger charge is -2.09. The lowest BCUT2D eigenvalue weighted by Crippen LogP contribution is -2.02. The molecule has 1 aromatic heterocycles. The fourth-order valence-corrected chi connectivity index (χ4v) is 1.87. The van der Waals surface area contributed by atoms with Gasteiger partial charge in [0.05, 0.1) is 7.11 Å². The van der Waals surface area contributed by atoms with E-state index < -0.39 is 0 Å². The van der Waals surface area contributed by atoms with E-state index in [0.29, 0.717) is 22.5 Å². The molecule has 4 nitrogen and oxygen atoms in total. The van der Waals surface area contributed by atoms with Crippen molar-refractivity contribution in [2.45, 2.75) is 6.54 Å². The van der Waals surface area contributed by atoms with E-state index in [9.17, 15) is 0 Å². The first kappa shape index (κ1) is 12.9. The monoisotopic (exact) mass is 283 g/mol. The molecule has 0 spiro atoms. The second-order valence-corrected chi connectivity index (χ2v) is 4.25. The molecule has 0 bridgehead atoms. The average Bonchev–Trinajstić information content (AvgIpc) is 2.39. The van der Waals surface area contributed by atoms with E-state index in [1.807, 2.05) is 24.3 Å². The molecule has 0 saturated carbocycles. The van der Waals surface area contributed by atoms with Crippen LogP contribution in [0.4, 0.5) is 5.69 Å². The first-order valence-corrected chi connectivity index (χ1v) is 5.99. The van der Waals surface area contributed by atoms with E-state index in [1.54, 1.807) is 7.11 Å². The number of anilines is 1. The molecule has 0 saturated heterocycles. The molecule has 0 aliphatic rings. The van der Waals surface area contributed by atoms with Gasteiger partial charge in [-0.1, -0.05) is 35.3 Å². The molecule has 0 amide bonds.